The van der Waals surface area contributed by atoms with Crippen LogP contribution in [0.3, 0.4) is 0 Å². The lowest BCUT2D eigenvalue weighted by Gasteiger charge is -2.33. The van der Waals surface area contributed by atoms with Gasteiger partial charge in [0.2, 0.25) is 0 Å². The third-order valence-electron chi connectivity index (χ3n) is 3.21. The van der Waals surface area contributed by atoms with E-state index in [0.717, 1.165) is 12.2 Å². The second kappa shape index (κ2) is 6.13. The molecule has 1 saturated heterocycles. The van der Waals surface area contributed by atoms with Crippen molar-refractivity contribution in [1.29, 1.82) is 0 Å². The van der Waals surface area contributed by atoms with E-state index >= 15 is 0 Å². The second-order valence-electron chi connectivity index (χ2n) is 4.49. The van der Waals surface area contributed by atoms with Gasteiger partial charge in [-0.05, 0) is 18.6 Å². The molecule has 0 radical (unpaired) electrons. The minimum absolute atomic E-state index is 0.0383. The van der Waals surface area contributed by atoms with E-state index in [1.807, 2.05) is 19.1 Å². The molecule has 0 amide bonds. The summed E-state index contributed by atoms with van der Waals surface area (Å²) in [6.07, 6.45) is 1.82. The highest BCUT2D eigenvalue weighted by Crippen LogP contribution is 2.20. The van der Waals surface area contributed by atoms with Crippen LogP contribution in [0.5, 0.6) is 0 Å². The highest BCUT2D eigenvalue weighted by molar-refractivity contribution is 5.45. The number of nitrogens with zero attached hydrogens (tertiary/aromatic N) is 2. The van der Waals surface area contributed by atoms with Gasteiger partial charge < -0.3 is 19.8 Å². The van der Waals surface area contributed by atoms with Gasteiger partial charge in [-0.25, -0.2) is 0 Å². The van der Waals surface area contributed by atoms with Crippen LogP contribution < -0.4 is 4.90 Å². The zero-order valence-corrected chi connectivity index (χ0v) is 10.6. The molecular formula is C13H20N2O3. The Hall–Kier alpha value is -1.17. The number of morpholine rings is 1. The Labute approximate surface area is 107 Å². The highest BCUT2D eigenvalue weighted by atomic mass is 16.5. The van der Waals surface area contributed by atoms with Gasteiger partial charge in [-0.15, -0.1) is 0 Å². The van der Waals surface area contributed by atoms with Gasteiger partial charge in [0.15, 0.2) is 0 Å². The molecule has 1 aliphatic heterocycles. The van der Waals surface area contributed by atoms with Crippen molar-refractivity contribution in [3.05, 3.63) is 24.0 Å². The van der Waals surface area contributed by atoms with Crippen LogP contribution in [0.25, 0.3) is 0 Å². The van der Waals surface area contributed by atoms with Crippen molar-refractivity contribution in [2.24, 2.45) is 0 Å². The predicted octanol–water partition coefficient (Wildman–Crippen LogP) is 0.722. The van der Waals surface area contributed by atoms with E-state index in [1.165, 1.54) is 0 Å². The van der Waals surface area contributed by atoms with Gasteiger partial charge in [-0.3, -0.25) is 4.98 Å². The number of aromatic nitrogens is 1. The monoisotopic (exact) mass is 252 g/mol. The highest BCUT2D eigenvalue weighted by Gasteiger charge is 2.20. The van der Waals surface area contributed by atoms with Crippen molar-refractivity contribution in [1.82, 2.24) is 4.98 Å². The van der Waals surface area contributed by atoms with E-state index in [9.17, 15) is 5.11 Å². The number of ether oxygens (including phenoxy) is 1. The standard InChI is InChI=1S/C13H20N2O3/c1-2-13(17)12-4-3-10(7-14-12)15-5-6-18-11(8-15)9-16/h3-4,7,11,13,16-17H,2,5-6,8-9H2,1H3. The Morgan fingerprint density at radius 1 is 1.56 bits per heavy atom. The van der Waals surface area contributed by atoms with Crippen LogP contribution in [0.15, 0.2) is 18.3 Å². The molecule has 0 saturated carbocycles. The first-order valence-corrected chi connectivity index (χ1v) is 6.36. The summed E-state index contributed by atoms with van der Waals surface area (Å²) in [5.74, 6) is 0. The van der Waals surface area contributed by atoms with Crippen LogP contribution in [0.4, 0.5) is 5.69 Å². The second-order valence-corrected chi connectivity index (χ2v) is 4.49. The smallest absolute Gasteiger partial charge is 0.0980 e. The van der Waals surface area contributed by atoms with Crippen molar-refractivity contribution in [2.75, 3.05) is 31.2 Å². The quantitative estimate of drug-likeness (QED) is 0.826. The van der Waals surface area contributed by atoms with Crippen LogP contribution >= 0.6 is 0 Å². The van der Waals surface area contributed by atoms with E-state index in [1.54, 1.807) is 6.20 Å². The summed E-state index contributed by atoms with van der Waals surface area (Å²) >= 11 is 0. The van der Waals surface area contributed by atoms with Gasteiger partial charge in [0.05, 0.1) is 43.0 Å². The molecule has 2 rings (SSSR count). The molecule has 100 valence electrons. The summed E-state index contributed by atoms with van der Waals surface area (Å²) in [5.41, 5.74) is 1.71. The van der Waals surface area contributed by atoms with Crippen LogP contribution in [-0.4, -0.2) is 47.6 Å². The zero-order valence-electron chi connectivity index (χ0n) is 10.6. The van der Waals surface area contributed by atoms with Crippen molar-refractivity contribution in [2.45, 2.75) is 25.6 Å². The molecule has 5 nitrogen and oxygen atoms in total. The SMILES string of the molecule is CCC(O)c1ccc(N2CCOC(CO)C2)cn1. The Morgan fingerprint density at radius 3 is 3.00 bits per heavy atom. The third-order valence-corrected chi connectivity index (χ3v) is 3.21. The fourth-order valence-corrected chi connectivity index (χ4v) is 2.06. The maximum absolute atomic E-state index is 9.68. The number of pyridine rings is 1. The van der Waals surface area contributed by atoms with Crippen molar-refractivity contribution in [3.63, 3.8) is 0 Å². The molecule has 2 unspecified atom stereocenters. The molecule has 1 fully saturated rings. The third kappa shape index (κ3) is 2.98. The number of anilines is 1. The molecule has 0 spiro atoms. The summed E-state index contributed by atoms with van der Waals surface area (Å²) in [4.78, 5) is 6.42. The van der Waals surface area contributed by atoms with Crippen LogP contribution in [0.1, 0.15) is 25.1 Å². The summed E-state index contributed by atoms with van der Waals surface area (Å²) in [7, 11) is 0. The number of aliphatic hydroxyl groups excluding tert-OH is 2. The van der Waals surface area contributed by atoms with Gasteiger partial charge in [0.25, 0.3) is 0 Å². The fraction of sp³-hybridized carbons (Fsp3) is 0.615. The topological polar surface area (TPSA) is 65.8 Å². The Kier molecular flexibility index (Phi) is 4.52. The number of hydrogen-bond acceptors (Lipinski definition) is 5. The summed E-state index contributed by atoms with van der Waals surface area (Å²) in [5, 5.41) is 18.8. The number of rotatable bonds is 4. The Bertz CT molecular complexity index is 369. The number of aliphatic hydroxyl groups is 2. The molecule has 2 N–H and O–H groups in total. The molecule has 0 aromatic carbocycles. The van der Waals surface area contributed by atoms with Gasteiger partial charge in [0, 0.05) is 13.1 Å². The average Bonchev–Trinajstić information content (AvgIpc) is 2.46. The minimum atomic E-state index is -0.492. The van der Waals surface area contributed by atoms with Crippen molar-refractivity contribution in [3.8, 4) is 0 Å². The van der Waals surface area contributed by atoms with Crippen molar-refractivity contribution >= 4 is 5.69 Å². The first kappa shape index (κ1) is 13.3. The van der Waals surface area contributed by atoms with Gasteiger partial charge in [-0.1, -0.05) is 6.92 Å². The van der Waals surface area contributed by atoms with Crippen molar-refractivity contribution < 1.29 is 14.9 Å². The maximum Gasteiger partial charge on any atom is 0.0980 e. The normalized spacial score (nSPS) is 21.9. The predicted molar refractivity (Wildman–Crippen MR) is 68.5 cm³/mol. The molecule has 1 aliphatic rings. The van der Waals surface area contributed by atoms with E-state index in [2.05, 4.69) is 9.88 Å². The molecule has 0 aliphatic carbocycles. The van der Waals surface area contributed by atoms with Crippen LogP contribution in [0, 0.1) is 0 Å². The fourth-order valence-electron chi connectivity index (χ4n) is 2.06. The van der Waals surface area contributed by atoms with Gasteiger partial charge in [0.1, 0.15) is 0 Å². The molecule has 2 atom stereocenters. The first-order chi connectivity index (χ1) is 8.74. The molecular weight excluding hydrogens is 232 g/mol. The van der Waals surface area contributed by atoms with Crippen LogP contribution in [-0.2, 0) is 4.74 Å². The van der Waals surface area contributed by atoms with E-state index in [4.69, 9.17) is 9.84 Å². The molecule has 2 heterocycles. The maximum atomic E-state index is 9.68. The van der Waals surface area contributed by atoms with Crippen LogP contribution in [0.2, 0.25) is 0 Å². The summed E-state index contributed by atoms with van der Waals surface area (Å²) in [6.45, 7) is 4.05. The van der Waals surface area contributed by atoms with E-state index in [0.29, 0.717) is 25.3 Å². The lowest BCUT2D eigenvalue weighted by Crippen LogP contribution is -2.44. The number of hydrogen-bond donors (Lipinski definition) is 2. The van der Waals surface area contributed by atoms with E-state index < -0.39 is 6.10 Å². The summed E-state index contributed by atoms with van der Waals surface area (Å²) < 4.78 is 5.41. The first-order valence-electron chi connectivity index (χ1n) is 6.36. The lowest BCUT2D eigenvalue weighted by atomic mass is 10.1. The minimum Gasteiger partial charge on any atom is -0.394 e. The largest absolute Gasteiger partial charge is 0.394 e. The average molecular weight is 252 g/mol. The molecule has 0 bridgehead atoms. The summed E-state index contributed by atoms with van der Waals surface area (Å²) in [6, 6.07) is 3.81. The molecule has 1 aromatic rings. The lowest BCUT2D eigenvalue weighted by molar-refractivity contribution is 0.00355. The molecule has 18 heavy (non-hydrogen) atoms. The molecule has 1 aromatic heterocycles. The Balaban J connectivity index is 2.04. The van der Waals surface area contributed by atoms with Gasteiger partial charge in [-0.2, -0.15) is 0 Å². The van der Waals surface area contributed by atoms with Gasteiger partial charge >= 0.3 is 0 Å². The molecule has 5 heteroatoms. The zero-order chi connectivity index (χ0) is 13.0. The van der Waals surface area contributed by atoms with E-state index in [-0.39, 0.29) is 12.7 Å². The Morgan fingerprint density at radius 2 is 2.39 bits per heavy atom.